The first-order valence-electron chi connectivity index (χ1n) is 6.62. The number of nitrogens with two attached hydrogens (primary N) is 1. The molecule has 3 heteroatoms. The molecule has 0 spiro atoms. The van der Waals surface area contributed by atoms with Crippen molar-refractivity contribution < 1.29 is 4.79 Å². The van der Waals surface area contributed by atoms with Gasteiger partial charge in [-0.15, -0.1) is 0 Å². The minimum absolute atomic E-state index is 0.120. The first kappa shape index (κ1) is 13.6. The second-order valence-electron chi connectivity index (χ2n) is 5.25. The highest BCUT2D eigenvalue weighted by Crippen LogP contribution is 2.23. The molecular weight excluding hydrogens is 236 g/mol. The van der Waals surface area contributed by atoms with Crippen LogP contribution in [0.1, 0.15) is 20.3 Å². The van der Waals surface area contributed by atoms with Crippen molar-refractivity contribution in [1.29, 1.82) is 0 Å². The van der Waals surface area contributed by atoms with Gasteiger partial charge >= 0.3 is 0 Å². The molecule has 0 aromatic heterocycles. The number of nitrogens with one attached hydrogen (secondary N) is 1. The number of amides is 1. The van der Waals surface area contributed by atoms with E-state index in [9.17, 15) is 4.79 Å². The highest BCUT2D eigenvalue weighted by Gasteiger charge is 2.15. The van der Waals surface area contributed by atoms with Gasteiger partial charge in [0.05, 0.1) is 6.04 Å². The number of carbonyl (C=O) groups excluding carboxylic acids is 1. The molecule has 1 atom stereocenters. The highest BCUT2D eigenvalue weighted by atomic mass is 16.2. The van der Waals surface area contributed by atoms with Crippen LogP contribution in [0.2, 0.25) is 0 Å². The molecule has 0 aliphatic heterocycles. The van der Waals surface area contributed by atoms with Gasteiger partial charge in [0, 0.05) is 11.1 Å². The van der Waals surface area contributed by atoms with E-state index in [-0.39, 0.29) is 5.91 Å². The molecule has 0 aliphatic carbocycles. The molecule has 3 N–H and O–H groups in total. The molecule has 0 heterocycles. The summed E-state index contributed by atoms with van der Waals surface area (Å²) < 4.78 is 0. The normalized spacial score (nSPS) is 12.6. The third-order valence-corrected chi connectivity index (χ3v) is 3.11. The number of anilines is 1. The van der Waals surface area contributed by atoms with E-state index >= 15 is 0 Å². The highest BCUT2D eigenvalue weighted by molar-refractivity contribution is 6.03. The maximum atomic E-state index is 12.1. The van der Waals surface area contributed by atoms with Crippen LogP contribution in [-0.2, 0) is 4.79 Å². The molecule has 0 saturated carbocycles. The molecule has 0 unspecified atom stereocenters. The van der Waals surface area contributed by atoms with E-state index in [0.717, 1.165) is 16.5 Å². The van der Waals surface area contributed by atoms with E-state index in [2.05, 4.69) is 19.2 Å². The minimum Gasteiger partial charge on any atom is -0.324 e. The van der Waals surface area contributed by atoms with Crippen molar-refractivity contribution in [2.75, 3.05) is 5.32 Å². The van der Waals surface area contributed by atoms with Gasteiger partial charge in [-0.3, -0.25) is 4.79 Å². The number of benzene rings is 2. The molecule has 2 rings (SSSR count). The number of hydrogen-bond donors (Lipinski definition) is 2. The largest absolute Gasteiger partial charge is 0.324 e. The maximum Gasteiger partial charge on any atom is 0.241 e. The Labute approximate surface area is 113 Å². The second kappa shape index (κ2) is 5.85. The van der Waals surface area contributed by atoms with Crippen molar-refractivity contribution in [3.63, 3.8) is 0 Å². The van der Waals surface area contributed by atoms with Crippen LogP contribution in [0.4, 0.5) is 5.69 Å². The topological polar surface area (TPSA) is 55.1 Å². The Bertz CT molecular complexity index is 572. The van der Waals surface area contributed by atoms with Gasteiger partial charge in [-0.25, -0.2) is 0 Å². The molecule has 0 fully saturated rings. The van der Waals surface area contributed by atoms with Crippen LogP contribution in [-0.4, -0.2) is 11.9 Å². The summed E-state index contributed by atoms with van der Waals surface area (Å²) in [6.45, 7) is 4.12. The van der Waals surface area contributed by atoms with Crippen LogP contribution >= 0.6 is 0 Å². The van der Waals surface area contributed by atoms with Gasteiger partial charge in [-0.2, -0.15) is 0 Å². The third-order valence-electron chi connectivity index (χ3n) is 3.11. The van der Waals surface area contributed by atoms with Gasteiger partial charge in [0.25, 0.3) is 0 Å². The smallest absolute Gasteiger partial charge is 0.241 e. The minimum atomic E-state index is -0.459. The van der Waals surface area contributed by atoms with Gasteiger partial charge < -0.3 is 11.1 Å². The summed E-state index contributed by atoms with van der Waals surface area (Å²) in [7, 11) is 0. The van der Waals surface area contributed by atoms with Crippen LogP contribution in [0.5, 0.6) is 0 Å². The number of hydrogen-bond acceptors (Lipinski definition) is 2. The van der Waals surface area contributed by atoms with Crippen molar-refractivity contribution in [2.45, 2.75) is 26.3 Å². The molecule has 3 nitrogen and oxygen atoms in total. The molecule has 1 amide bonds. The van der Waals surface area contributed by atoms with Gasteiger partial charge in [0.2, 0.25) is 5.91 Å². The third kappa shape index (κ3) is 3.32. The van der Waals surface area contributed by atoms with Gasteiger partial charge in [0.1, 0.15) is 0 Å². The monoisotopic (exact) mass is 256 g/mol. The summed E-state index contributed by atoms with van der Waals surface area (Å²) in [4.78, 5) is 12.1. The number of carbonyl (C=O) groups is 1. The molecule has 0 radical (unpaired) electrons. The van der Waals surface area contributed by atoms with Gasteiger partial charge in [0.15, 0.2) is 0 Å². The Kier molecular flexibility index (Phi) is 4.17. The Morgan fingerprint density at radius 3 is 2.58 bits per heavy atom. The Balaban J connectivity index is 2.19. The van der Waals surface area contributed by atoms with Crippen LogP contribution in [0.3, 0.4) is 0 Å². The van der Waals surface area contributed by atoms with Gasteiger partial charge in [-0.05, 0) is 23.8 Å². The first-order valence-corrected chi connectivity index (χ1v) is 6.62. The lowest BCUT2D eigenvalue weighted by Crippen LogP contribution is -2.36. The predicted molar refractivity (Wildman–Crippen MR) is 80.0 cm³/mol. The summed E-state index contributed by atoms with van der Waals surface area (Å²) >= 11 is 0. The quantitative estimate of drug-likeness (QED) is 0.883. The van der Waals surface area contributed by atoms with E-state index in [0.29, 0.717) is 12.3 Å². The fraction of sp³-hybridized carbons (Fsp3) is 0.312. The van der Waals surface area contributed by atoms with E-state index < -0.39 is 6.04 Å². The fourth-order valence-electron chi connectivity index (χ4n) is 2.17. The SMILES string of the molecule is CC(C)C[C@@H](N)C(=O)Nc1cccc2ccccc12. The number of rotatable bonds is 4. The van der Waals surface area contributed by atoms with Crippen molar-refractivity contribution in [3.05, 3.63) is 42.5 Å². The first-order chi connectivity index (χ1) is 9.08. The van der Waals surface area contributed by atoms with E-state index in [1.807, 2.05) is 42.5 Å². The summed E-state index contributed by atoms with van der Waals surface area (Å²) in [5.74, 6) is 0.290. The van der Waals surface area contributed by atoms with E-state index in [1.165, 1.54) is 0 Å². The Morgan fingerprint density at radius 1 is 1.16 bits per heavy atom. The van der Waals surface area contributed by atoms with Crippen molar-refractivity contribution >= 4 is 22.4 Å². The summed E-state index contributed by atoms with van der Waals surface area (Å²) in [6, 6.07) is 13.4. The summed E-state index contributed by atoms with van der Waals surface area (Å²) in [5.41, 5.74) is 6.72. The predicted octanol–water partition coefficient (Wildman–Crippen LogP) is 3.15. The lowest BCUT2D eigenvalue weighted by atomic mass is 10.0. The average Bonchev–Trinajstić information content (AvgIpc) is 2.38. The van der Waals surface area contributed by atoms with E-state index in [1.54, 1.807) is 0 Å². The zero-order valence-corrected chi connectivity index (χ0v) is 11.4. The Hall–Kier alpha value is -1.87. The molecule has 2 aromatic carbocycles. The van der Waals surface area contributed by atoms with Crippen molar-refractivity contribution in [3.8, 4) is 0 Å². The maximum absolute atomic E-state index is 12.1. The molecular formula is C16H20N2O. The zero-order chi connectivity index (χ0) is 13.8. The van der Waals surface area contributed by atoms with Gasteiger partial charge in [-0.1, -0.05) is 50.2 Å². The number of fused-ring (bicyclic) bond motifs is 1. The fourth-order valence-corrected chi connectivity index (χ4v) is 2.17. The lowest BCUT2D eigenvalue weighted by Gasteiger charge is -2.15. The molecule has 2 aromatic rings. The standard InChI is InChI=1S/C16H20N2O/c1-11(2)10-14(17)16(19)18-15-9-5-7-12-6-3-4-8-13(12)15/h3-9,11,14H,10,17H2,1-2H3,(H,18,19)/t14-/m1/s1. The van der Waals surface area contributed by atoms with Crippen molar-refractivity contribution in [2.24, 2.45) is 11.7 Å². The van der Waals surface area contributed by atoms with Crippen LogP contribution in [0, 0.1) is 5.92 Å². The molecule has 0 saturated heterocycles. The molecule has 0 aliphatic rings. The van der Waals surface area contributed by atoms with Crippen LogP contribution in [0.25, 0.3) is 10.8 Å². The Morgan fingerprint density at radius 2 is 1.84 bits per heavy atom. The summed E-state index contributed by atoms with van der Waals surface area (Å²) in [6.07, 6.45) is 0.691. The van der Waals surface area contributed by atoms with Crippen molar-refractivity contribution in [1.82, 2.24) is 0 Å². The molecule has 100 valence electrons. The molecule has 19 heavy (non-hydrogen) atoms. The van der Waals surface area contributed by atoms with E-state index in [4.69, 9.17) is 5.73 Å². The zero-order valence-electron chi connectivity index (χ0n) is 11.4. The summed E-state index contributed by atoms with van der Waals surface area (Å²) in [5, 5.41) is 5.07. The second-order valence-corrected chi connectivity index (χ2v) is 5.25. The van der Waals surface area contributed by atoms with Crippen LogP contribution in [0.15, 0.2) is 42.5 Å². The molecule has 0 bridgehead atoms. The van der Waals surface area contributed by atoms with Crippen LogP contribution < -0.4 is 11.1 Å². The average molecular weight is 256 g/mol. The lowest BCUT2D eigenvalue weighted by molar-refractivity contribution is -0.117.